The molecule has 0 aromatic carbocycles. The van der Waals surface area contributed by atoms with Crippen LogP contribution in [0.15, 0.2) is 23.1 Å². The third-order valence-corrected chi connectivity index (χ3v) is 5.50. The van der Waals surface area contributed by atoms with E-state index in [4.69, 9.17) is 4.98 Å². The predicted octanol–water partition coefficient (Wildman–Crippen LogP) is 2.36. The average molecular weight is 326 g/mol. The Kier molecular flexibility index (Phi) is 2.64. The van der Waals surface area contributed by atoms with Crippen LogP contribution < -0.4 is 11.0 Å². The quantitative estimate of drug-likeness (QED) is 0.801. The van der Waals surface area contributed by atoms with Crippen molar-refractivity contribution in [3.05, 3.63) is 34.5 Å². The van der Waals surface area contributed by atoms with Gasteiger partial charge in [0.15, 0.2) is 0 Å². The summed E-state index contributed by atoms with van der Waals surface area (Å²) in [4.78, 5) is 34.9. The summed E-state index contributed by atoms with van der Waals surface area (Å²) in [6.07, 6.45) is 5.55. The van der Waals surface area contributed by atoms with Crippen molar-refractivity contribution in [1.82, 2.24) is 14.6 Å². The molecule has 2 fully saturated rings. The Morgan fingerprint density at radius 2 is 2.13 bits per heavy atom. The maximum absolute atomic E-state index is 12.9. The van der Waals surface area contributed by atoms with Gasteiger partial charge in [-0.15, -0.1) is 11.3 Å². The van der Waals surface area contributed by atoms with Gasteiger partial charge in [-0.05, 0) is 37.8 Å². The number of nitrogens with zero attached hydrogens (tertiary/aromatic N) is 3. The summed E-state index contributed by atoms with van der Waals surface area (Å²) < 4.78 is 1.94. The smallest absolute Gasteiger partial charge is 0.273 e. The minimum atomic E-state index is -0.186. The number of nitrogens with one attached hydrogen (secondary N) is 1. The van der Waals surface area contributed by atoms with Gasteiger partial charge >= 0.3 is 0 Å². The Labute approximate surface area is 135 Å². The number of aromatic nitrogens is 3. The lowest BCUT2D eigenvalue weighted by molar-refractivity contribution is -0.118. The van der Waals surface area contributed by atoms with Crippen molar-refractivity contribution in [2.24, 2.45) is 5.92 Å². The van der Waals surface area contributed by atoms with Gasteiger partial charge in [0, 0.05) is 23.4 Å². The zero-order valence-electron chi connectivity index (χ0n) is 12.3. The first kappa shape index (κ1) is 13.2. The van der Waals surface area contributed by atoms with E-state index in [1.807, 2.05) is 12.1 Å². The topological polar surface area (TPSA) is 76.9 Å². The molecule has 0 aliphatic heterocycles. The molecule has 23 heavy (non-hydrogen) atoms. The van der Waals surface area contributed by atoms with Crippen LogP contribution in [0.1, 0.15) is 37.4 Å². The number of hydrogen-bond acceptors (Lipinski definition) is 5. The molecule has 6 nitrogen and oxygen atoms in total. The molecule has 3 aromatic rings. The van der Waals surface area contributed by atoms with Crippen molar-refractivity contribution >= 4 is 37.7 Å². The van der Waals surface area contributed by atoms with Gasteiger partial charge in [0.1, 0.15) is 15.4 Å². The minimum Gasteiger partial charge on any atom is -0.273 e. The highest BCUT2D eigenvalue weighted by Gasteiger charge is 2.34. The van der Waals surface area contributed by atoms with Crippen LogP contribution in [0.3, 0.4) is 0 Å². The van der Waals surface area contributed by atoms with Crippen molar-refractivity contribution in [1.29, 1.82) is 0 Å². The van der Waals surface area contributed by atoms with Crippen LogP contribution in [0.5, 0.6) is 0 Å². The molecule has 0 radical (unpaired) electrons. The lowest BCUT2D eigenvalue weighted by Gasteiger charge is -2.12. The normalized spacial score (nSPS) is 17.7. The van der Waals surface area contributed by atoms with Gasteiger partial charge in [-0.1, -0.05) is 0 Å². The second-order valence-electron chi connectivity index (χ2n) is 6.27. The third kappa shape index (κ3) is 2.07. The third-order valence-electron chi connectivity index (χ3n) is 4.41. The van der Waals surface area contributed by atoms with Gasteiger partial charge in [0.05, 0.1) is 5.52 Å². The molecular formula is C16H14N4O2S. The van der Waals surface area contributed by atoms with E-state index in [1.54, 1.807) is 6.20 Å². The first-order valence-corrected chi connectivity index (χ1v) is 8.65. The van der Waals surface area contributed by atoms with Crippen LogP contribution in [0.25, 0.3) is 20.4 Å². The van der Waals surface area contributed by atoms with E-state index in [0.717, 1.165) is 35.9 Å². The molecule has 7 heteroatoms. The highest BCUT2D eigenvalue weighted by molar-refractivity contribution is 7.25. The Morgan fingerprint density at radius 1 is 1.30 bits per heavy atom. The van der Waals surface area contributed by atoms with E-state index in [0.29, 0.717) is 16.0 Å². The van der Waals surface area contributed by atoms with E-state index in [-0.39, 0.29) is 23.3 Å². The first-order chi connectivity index (χ1) is 11.2. The van der Waals surface area contributed by atoms with Gasteiger partial charge < -0.3 is 0 Å². The van der Waals surface area contributed by atoms with Crippen LogP contribution >= 0.6 is 11.3 Å². The second-order valence-corrected chi connectivity index (χ2v) is 7.27. The van der Waals surface area contributed by atoms with Gasteiger partial charge in [0.25, 0.3) is 5.56 Å². The van der Waals surface area contributed by atoms with E-state index in [1.165, 1.54) is 16.0 Å². The number of fused-ring (bicyclic) bond motifs is 3. The highest BCUT2D eigenvalue weighted by Crippen LogP contribution is 2.40. The largest absolute Gasteiger partial charge is 0.290 e. The molecule has 0 unspecified atom stereocenters. The number of pyridine rings is 1. The van der Waals surface area contributed by atoms with Crippen LogP contribution in [0.2, 0.25) is 0 Å². The van der Waals surface area contributed by atoms with Crippen molar-refractivity contribution in [2.75, 3.05) is 5.43 Å². The number of hydrogen-bond donors (Lipinski definition) is 1. The highest BCUT2D eigenvalue weighted by atomic mass is 32.1. The molecule has 0 atom stereocenters. The lowest BCUT2D eigenvalue weighted by Crippen LogP contribution is -2.36. The van der Waals surface area contributed by atoms with Gasteiger partial charge in [-0.3, -0.25) is 15.0 Å². The Balaban J connectivity index is 1.76. The van der Waals surface area contributed by atoms with Gasteiger partial charge in [-0.25, -0.2) is 14.6 Å². The molecular weight excluding hydrogens is 312 g/mol. The Bertz CT molecular complexity index is 1010. The molecule has 3 heterocycles. The van der Waals surface area contributed by atoms with Crippen LogP contribution in [0.4, 0.5) is 0 Å². The molecule has 2 aliphatic rings. The Morgan fingerprint density at radius 3 is 2.87 bits per heavy atom. The molecule has 2 aliphatic carbocycles. The predicted molar refractivity (Wildman–Crippen MR) is 88.2 cm³/mol. The molecule has 3 aromatic heterocycles. The maximum Gasteiger partial charge on any atom is 0.290 e. The summed E-state index contributed by atoms with van der Waals surface area (Å²) >= 11 is 1.34. The summed E-state index contributed by atoms with van der Waals surface area (Å²) in [5.41, 5.74) is 3.31. The molecule has 1 amide bonds. The fraction of sp³-hybridized carbons (Fsp3) is 0.375. The standard InChI is InChI=1S/C16H14N4O2S/c21-14(9-5-6-9)19-20-13(8-3-4-8)18-11-10-2-1-7-17-15(10)23-12(11)16(20)22/h1-2,7-9H,3-6H2,(H,19,21). The fourth-order valence-corrected chi connectivity index (χ4v) is 3.83. The number of carbonyl (C=O) groups is 1. The number of amides is 1. The van der Waals surface area contributed by atoms with Crippen molar-refractivity contribution in [3.8, 4) is 0 Å². The van der Waals surface area contributed by atoms with E-state index in [9.17, 15) is 9.59 Å². The molecule has 1 N–H and O–H groups in total. The zero-order valence-corrected chi connectivity index (χ0v) is 13.1. The molecule has 0 spiro atoms. The van der Waals surface area contributed by atoms with Crippen molar-refractivity contribution < 1.29 is 4.79 Å². The summed E-state index contributed by atoms with van der Waals surface area (Å²) in [5, 5.41) is 0.909. The lowest BCUT2D eigenvalue weighted by atomic mass is 10.3. The monoisotopic (exact) mass is 326 g/mol. The average Bonchev–Trinajstić information content (AvgIpc) is 3.44. The molecule has 5 rings (SSSR count). The van der Waals surface area contributed by atoms with E-state index < -0.39 is 0 Å². The van der Waals surface area contributed by atoms with E-state index >= 15 is 0 Å². The molecule has 2 saturated carbocycles. The fourth-order valence-electron chi connectivity index (χ4n) is 2.82. The van der Waals surface area contributed by atoms with Crippen molar-refractivity contribution in [2.45, 2.75) is 31.6 Å². The molecule has 116 valence electrons. The number of rotatable bonds is 3. The van der Waals surface area contributed by atoms with Crippen LogP contribution in [0, 0.1) is 5.92 Å². The number of thiophene rings is 1. The summed E-state index contributed by atoms with van der Waals surface area (Å²) in [7, 11) is 0. The minimum absolute atomic E-state index is 0.0497. The SMILES string of the molecule is O=C(Nn1c(C2CC2)nc2c(sc3ncccc32)c1=O)C1CC1. The number of carbonyl (C=O) groups excluding carboxylic acids is 1. The van der Waals surface area contributed by atoms with E-state index in [2.05, 4.69) is 10.4 Å². The van der Waals surface area contributed by atoms with Crippen LogP contribution in [-0.4, -0.2) is 20.6 Å². The van der Waals surface area contributed by atoms with Gasteiger partial charge in [-0.2, -0.15) is 0 Å². The second kappa shape index (κ2) is 4.61. The zero-order chi connectivity index (χ0) is 15.6. The van der Waals surface area contributed by atoms with Gasteiger partial charge in [0.2, 0.25) is 5.91 Å². The Hall–Kier alpha value is -2.28. The van der Waals surface area contributed by atoms with Crippen molar-refractivity contribution in [3.63, 3.8) is 0 Å². The summed E-state index contributed by atoms with van der Waals surface area (Å²) in [6, 6.07) is 3.80. The molecule has 0 bridgehead atoms. The summed E-state index contributed by atoms with van der Waals surface area (Å²) in [5.74, 6) is 0.918. The summed E-state index contributed by atoms with van der Waals surface area (Å²) in [6.45, 7) is 0. The van der Waals surface area contributed by atoms with Crippen LogP contribution in [-0.2, 0) is 4.79 Å². The maximum atomic E-state index is 12.9. The first-order valence-electron chi connectivity index (χ1n) is 7.83. The molecule has 0 saturated heterocycles.